The Morgan fingerprint density at radius 1 is 1.26 bits per heavy atom. The molecule has 1 amide bonds. The number of carbonyl (C=O) groups is 1. The van der Waals surface area contributed by atoms with E-state index in [-0.39, 0.29) is 5.69 Å². The molecule has 0 fully saturated rings. The van der Waals surface area contributed by atoms with Gasteiger partial charge >= 0.3 is 0 Å². The highest BCUT2D eigenvalue weighted by Gasteiger charge is 2.13. The van der Waals surface area contributed by atoms with Crippen molar-refractivity contribution in [1.82, 2.24) is 9.97 Å². The monoisotopic (exact) mass is 264 g/mol. The molecule has 1 unspecified atom stereocenters. The van der Waals surface area contributed by atoms with E-state index >= 15 is 0 Å². The van der Waals surface area contributed by atoms with Gasteiger partial charge < -0.3 is 11.1 Å². The van der Waals surface area contributed by atoms with Crippen LogP contribution >= 0.6 is 0 Å². The van der Waals surface area contributed by atoms with E-state index in [1.807, 2.05) is 0 Å². The summed E-state index contributed by atoms with van der Waals surface area (Å²) in [6.45, 7) is 6.59. The molecular weight excluding hydrogens is 240 g/mol. The van der Waals surface area contributed by atoms with Gasteiger partial charge in [-0.1, -0.05) is 33.6 Å². The van der Waals surface area contributed by atoms with Crippen molar-refractivity contribution in [2.75, 3.05) is 5.32 Å². The third-order valence-corrected chi connectivity index (χ3v) is 3.54. The molecule has 0 saturated carbocycles. The van der Waals surface area contributed by atoms with Crippen molar-refractivity contribution in [3.63, 3.8) is 0 Å². The molecule has 1 heterocycles. The molecule has 0 saturated heterocycles. The molecule has 5 nitrogen and oxygen atoms in total. The van der Waals surface area contributed by atoms with Crippen molar-refractivity contribution >= 4 is 11.7 Å². The number of primary amides is 1. The Morgan fingerprint density at radius 2 is 1.95 bits per heavy atom. The minimum absolute atomic E-state index is 0.245. The lowest BCUT2D eigenvalue weighted by Gasteiger charge is -2.22. The van der Waals surface area contributed by atoms with E-state index in [0.717, 1.165) is 18.8 Å². The Kier molecular flexibility index (Phi) is 6.25. The van der Waals surface area contributed by atoms with Gasteiger partial charge in [0.2, 0.25) is 0 Å². The Labute approximate surface area is 115 Å². The molecule has 0 aliphatic rings. The Balaban J connectivity index is 2.69. The Hall–Kier alpha value is -1.65. The van der Waals surface area contributed by atoms with E-state index in [0.29, 0.717) is 11.9 Å². The first-order valence-corrected chi connectivity index (χ1v) is 6.98. The summed E-state index contributed by atoms with van der Waals surface area (Å²) in [5, 5.41) is 3.36. The molecular formula is C14H24N4O. The smallest absolute Gasteiger partial charge is 0.267 e. The summed E-state index contributed by atoms with van der Waals surface area (Å²) in [6.07, 6.45) is 5.87. The zero-order valence-corrected chi connectivity index (χ0v) is 12.0. The number of hydrogen-bond acceptors (Lipinski definition) is 4. The topological polar surface area (TPSA) is 80.9 Å². The van der Waals surface area contributed by atoms with Crippen LogP contribution in [0.5, 0.6) is 0 Å². The zero-order valence-electron chi connectivity index (χ0n) is 12.0. The first kappa shape index (κ1) is 15.4. The fraction of sp³-hybridized carbons (Fsp3) is 0.643. The van der Waals surface area contributed by atoms with Crippen LogP contribution in [0, 0.1) is 5.92 Å². The standard InChI is InChI=1S/C14H24N4O/c1-4-10(5-2)7-11(6-3)18-13-8-12(14(15)19)16-9-17-13/h8-11H,4-7H2,1-3H3,(H2,15,19)(H,16,17,18). The van der Waals surface area contributed by atoms with Crippen molar-refractivity contribution in [2.45, 2.75) is 52.5 Å². The lowest BCUT2D eigenvalue weighted by Crippen LogP contribution is -2.23. The minimum atomic E-state index is -0.529. The van der Waals surface area contributed by atoms with Crippen LogP contribution in [0.3, 0.4) is 0 Å². The highest BCUT2D eigenvalue weighted by molar-refractivity contribution is 5.91. The van der Waals surface area contributed by atoms with Gasteiger partial charge in [0, 0.05) is 12.1 Å². The molecule has 5 heteroatoms. The van der Waals surface area contributed by atoms with Gasteiger partial charge in [0.15, 0.2) is 0 Å². The Morgan fingerprint density at radius 3 is 2.47 bits per heavy atom. The van der Waals surface area contributed by atoms with Crippen LogP contribution in [0.15, 0.2) is 12.4 Å². The molecule has 0 aliphatic heterocycles. The van der Waals surface area contributed by atoms with Crippen LogP contribution in [-0.4, -0.2) is 21.9 Å². The second-order valence-corrected chi connectivity index (χ2v) is 4.82. The summed E-state index contributed by atoms with van der Waals surface area (Å²) in [4.78, 5) is 19.1. The van der Waals surface area contributed by atoms with Gasteiger partial charge in [0.1, 0.15) is 17.8 Å². The predicted octanol–water partition coefficient (Wildman–Crippen LogP) is 2.59. The third-order valence-electron chi connectivity index (χ3n) is 3.54. The number of anilines is 1. The van der Waals surface area contributed by atoms with Crippen LogP contribution in [-0.2, 0) is 0 Å². The third kappa shape index (κ3) is 4.85. The van der Waals surface area contributed by atoms with E-state index in [9.17, 15) is 4.79 Å². The summed E-state index contributed by atoms with van der Waals surface area (Å²) in [6, 6.07) is 1.97. The van der Waals surface area contributed by atoms with Gasteiger partial charge in [-0.2, -0.15) is 0 Å². The van der Waals surface area contributed by atoms with E-state index < -0.39 is 5.91 Å². The SMILES string of the molecule is CCC(CC)CC(CC)Nc1cc(C(N)=O)ncn1. The van der Waals surface area contributed by atoms with Crippen molar-refractivity contribution in [1.29, 1.82) is 0 Å². The molecule has 0 aliphatic carbocycles. The van der Waals surface area contributed by atoms with Crippen LogP contribution < -0.4 is 11.1 Å². The fourth-order valence-electron chi connectivity index (χ4n) is 2.13. The number of nitrogens with one attached hydrogen (secondary N) is 1. The first-order valence-electron chi connectivity index (χ1n) is 6.98. The molecule has 0 spiro atoms. The van der Waals surface area contributed by atoms with Crippen LogP contribution in [0.4, 0.5) is 5.82 Å². The van der Waals surface area contributed by atoms with Crippen molar-refractivity contribution in [2.24, 2.45) is 11.7 Å². The predicted molar refractivity (Wildman–Crippen MR) is 76.9 cm³/mol. The van der Waals surface area contributed by atoms with Gasteiger partial charge in [-0.3, -0.25) is 4.79 Å². The van der Waals surface area contributed by atoms with E-state index in [2.05, 4.69) is 36.1 Å². The van der Waals surface area contributed by atoms with Crippen molar-refractivity contribution < 1.29 is 4.79 Å². The highest BCUT2D eigenvalue weighted by Crippen LogP contribution is 2.19. The van der Waals surface area contributed by atoms with Crippen LogP contribution in [0.25, 0.3) is 0 Å². The lowest BCUT2D eigenvalue weighted by molar-refractivity contribution is 0.0995. The van der Waals surface area contributed by atoms with E-state index in [4.69, 9.17) is 5.73 Å². The second-order valence-electron chi connectivity index (χ2n) is 4.82. The lowest BCUT2D eigenvalue weighted by atomic mass is 9.93. The van der Waals surface area contributed by atoms with Gasteiger partial charge in [-0.05, 0) is 18.8 Å². The average molecular weight is 264 g/mol. The summed E-state index contributed by atoms with van der Waals surface area (Å²) in [5.41, 5.74) is 5.46. The normalized spacial score (nSPS) is 12.4. The summed E-state index contributed by atoms with van der Waals surface area (Å²) in [5.74, 6) is 0.856. The molecule has 0 radical (unpaired) electrons. The maximum absolute atomic E-state index is 11.1. The molecule has 1 aromatic heterocycles. The molecule has 0 aromatic carbocycles. The number of nitrogens with zero attached hydrogens (tertiary/aromatic N) is 2. The maximum atomic E-state index is 11.1. The largest absolute Gasteiger partial charge is 0.367 e. The van der Waals surface area contributed by atoms with Gasteiger partial charge in [-0.25, -0.2) is 9.97 Å². The van der Waals surface area contributed by atoms with Gasteiger partial charge in [-0.15, -0.1) is 0 Å². The van der Waals surface area contributed by atoms with E-state index in [1.165, 1.54) is 19.2 Å². The fourth-order valence-corrected chi connectivity index (χ4v) is 2.13. The molecule has 1 atom stereocenters. The molecule has 1 rings (SSSR count). The molecule has 106 valence electrons. The molecule has 3 N–H and O–H groups in total. The first-order chi connectivity index (χ1) is 9.10. The minimum Gasteiger partial charge on any atom is -0.367 e. The zero-order chi connectivity index (χ0) is 14.3. The summed E-state index contributed by atoms with van der Waals surface area (Å²) in [7, 11) is 0. The van der Waals surface area contributed by atoms with Crippen LogP contribution in [0.2, 0.25) is 0 Å². The number of carbonyl (C=O) groups excluding carboxylic acids is 1. The number of nitrogens with two attached hydrogens (primary N) is 1. The molecule has 19 heavy (non-hydrogen) atoms. The summed E-state index contributed by atoms with van der Waals surface area (Å²) < 4.78 is 0. The maximum Gasteiger partial charge on any atom is 0.267 e. The van der Waals surface area contributed by atoms with Gasteiger partial charge in [0.05, 0.1) is 0 Å². The number of rotatable bonds is 8. The second kappa shape index (κ2) is 7.71. The van der Waals surface area contributed by atoms with Crippen LogP contribution in [0.1, 0.15) is 56.9 Å². The van der Waals surface area contributed by atoms with Crippen molar-refractivity contribution in [3.8, 4) is 0 Å². The number of aromatic nitrogens is 2. The molecule has 1 aromatic rings. The van der Waals surface area contributed by atoms with Gasteiger partial charge in [0.25, 0.3) is 5.91 Å². The average Bonchev–Trinajstić information content (AvgIpc) is 2.43. The van der Waals surface area contributed by atoms with Crippen molar-refractivity contribution in [3.05, 3.63) is 18.1 Å². The summed E-state index contributed by atoms with van der Waals surface area (Å²) >= 11 is 0. The highest BCUT2D eigenvalue weighted by atomic mass is 16.1. The Bertz CT molecular complexity index is 404. The molecule has 0 bridgehead atoms. The van der Waals surface area contributed by atoms with E-state index in [1.54, 1.807) is 6.07 Å². The number of amides is 1. The number of hydrogen-bond donors (Lipinski definition) is 2. The quantitative estimate of drug-likeness (QED) is 0.756.